The summed E-state index contributed by atoms with van der Waals surface area (Å²) in [7, 11) is 0. The van der Waals surface area contributed by atoms with Crippen molar-refractivity contribution in [1.29, 1.82) is 0 Å². The van der Waals surface area contributed by atoms with Crippen LogP contribution in [0.1, 0.15) is 31.7 Å². The number of nitrogens with zero attached hydrogens (tertiary/aromatic N) is 2. The van der Waals surface area contributed by atoms with Crippen LogP contribution in [0.3, 0.4) is 0 Å². The highest BCUT2D eigenvalue weighted by Gasteiger charge is 2.20. The Bertz CT molecular complexity index is 526. The molecule has 0 aromatic carbocycles. The van der Waals surface area contributed by atoms with Gasteiger partial charge in [0.1, 0.15) is 5.69 Å². The van der Waals surface area contributed by atoms with E-state index in [1.165, 1.54) is 25.7 Å². The average molecular weight is 312 g/mol. The zero-order valence-electron chi connectivity index (χ0n) is 9.40. The Morgan fingerprint density at radius 1 is 1.35 bits per heavy atom. The molecular weight excluding hydrogens is 298 g/mol. The first-order valence-corrected chi connectivity index (χ1v) is 7.45. The summed E-state index contributed by atoms with van der Waals surface area (Å²) in [6.45, 7) is 0. The molecule has 2 aromatic rings. The van der Waals surface area contributed by atoms with Gasteiger partial charge in [0.2, 0.25) is 0 Å². The summed E-state index contributed by atoms with van der Waals surface area (Å²) in [6, 6.07) is 4.65. The molecule has 0 unspecified atom stereocenters. The molecule has 0 amide bonds. The maximum Gasteiger partial charge on any atom is 0.125 e. The molecule has 2 N–H and O–H groups in total. The molecule has 0 atom stereocenters. The second kappa shape index (κ2) is 4.46. The second-order valence-electron chi connectivity index (χ2n) is 4.46. The Morgan fingerprint density at radius 3 is 2.76 bits per heavy atom. The van der Waals surface area contributed by atoms with E-state index in [1.54, 1.807) is 11.3 Å². The van der Waals surface area contributed by atoms with Crippen LogP contribution in [0.25, 0.3) is 10.6 Å². The molecule has 5 heteroatoms. The minimum atomic E-state index is 0.550. The number of hydrogen-bond acceptors (Lipinski definition) is 3. The van der Waals surface area contributed by atoms with E-state index in [4.69, 9.17) is 5.73 Å². The van der Waals surface area contributed by atoms with Crippen LogP contribution in [-0.4, -0.2) is 9.78 Å². The number of hydrogen-bond donors (Lipinski definition) is 1. The molecule has 0 spiro atoms. The fraction of sp³-hybridized carbons (Fsp3) is 0.417. The van der Waals surface area contributed by atoms with Gasteiger partial charge in [0.05, 0.1) is 20.4 Å². The van der Waals surface area contributed by atoms with Crippen molar-refractivity contribution in [2.75, 3.05) is 5.73 Å². The van der Waals surface area contributed by atoms with Crippen molar-refractivity contribution in [2.45, 2.75) is 31.7 Å². The van der Waals surface area contributed by atoms with Gasteiger partial charge < -0.3 is 5.73 Å². The first-order chi connectivity index (χ1) is 8.24. The van der Waals surface area contributed by atoms with Gasteiger partial charge >= 0.3 is 0 Å². The maximum atomic E-state index is 6.06. The van der Waals surface area contributed by atoms with Gasteiger partial charge in [-0.1, -0.05) is 12.8 Å². The van der Waals surface area contributed by atoms with Crippen molar-refractivity contribution in [3.05, 3.63) is 22.1 Å². The fourth-order valence-electron chi connectivity index (χ4n) is 2.39. The van der Waals surface area contributed by atoms with E-state index < -0.39 is 0 Å². The molecule has 0 radical (unpaired) electrons. The molecule has 1 fully saturated rings. The summed E-state index contributed by atoms with van der Waals surface area (Å²) in [6.07, 6.45) is 7.07. The number of rotatable bonds is 2. The Kier molecular flexibility index (Phi) is 2.96. The molecule has 0 aliphatic heterocycles. The lowest BCUT2D eigenvalue weighted by Gasteiger charge is -2.08. The third-order valence-electron chi connectivity index (χ3n) is 3.27. The largest absolute Gasteiger partial charge is 0.396 e. The standard InChI is InChI=1S/C12H14BrN3S/c13-11-6-5-10(17-11)12-9(14)7-16(15-12)8-3-1-2-4-8/h5-8H,1-4,14H2. The van der Waals surface area contributed by atoms with Crippen molar-refractivity contribution < 1.29 is 0 Å². The van der Waals surface area contributed by atoms with E-state index >= 15 is 0 Å². The van der Waals surface area contributed by atoms with Gasteiger partial charge in [0.15, 0.2) is 0 Å². The van der Waals surface area contributed by atoms with Crippen LogP contribution in [0, 0.1) is 0 Å². The Hall–Kier alpha value is -0.810. The zero-order valence-corrected chi connectivity index (χ0v) is 11.8. The molecule has 2 heterocycles. The smallest absolute Gasteiger partial charge is 0.125 e. The van der Waals surface area contributed by atoms with Gasteiger partial charge in [-0.2, -0.15) is 5.10 Å². The summed E-state index contributed by atoms with van der Waals surface area (Å²) < 4.78 is 3.17. The SMILES string of the molecule is Nc1cn(C2CCCC2)nc1-c1ccc(Br)s1. The summed E-state index contributed by atoms with van der Waals surface area (Å²) in [5.41, 5.74) is 7.77. The van der Waals surface area contributed by atoms with Crippen LogP contribution in [0.4, 0.5) is 5.69 Å². The number of aromatic nitrogens is 2. The van der Waals surface area contributed by atoms with Crippen molar-refractivity contribution in [2.24, 2.45) is 0 Å². The minimum absolute atomic E-state index is 0.550. The highest BCUT2D eigenvalue weighted by molar-refractivity contribution is 9.11. The third-order valence-corrected chi connectivity index (χ3v) is 4.90. The molecule has 1 aliphatic rings. The monoisotopic (exact) mass is 311 g/mol. The number of halogens is 1. The normalized spacial score (nSPS) is 16.8. The van der Waals surface area contributed by atoms with E-state index in [0.29, 0.717) is 6.04 Å². The Morgan fingerprint density at radius 2 is 2.12 bits per heavy atom. The molecule has 1 saturated carbocycles. The summed E-state index contributed by atoms with van der Waals surface area (Å²) in [5, 5.41) is 4.66. The average Bonchev–Trinajstić information content (AvgIpc) is 2.97. The predicted octanol–water partition coefficient (Wildman–Crippen LogP) is 4.07. The summed E-state index contributed by atoms with van der Waals surface area (Å²) in [4.78, 5) is 1.13. The van der Waals surface area contributed by atoms with Crippen LogP contribution in [-0.2, 0) is 0 Å². The van der Waals surface area contributed by atoms with Gasteiger partial charge in [0.25, 0.3) is 0 Å². The van der Waals surface area contributed by atoms with Crippen molar-refractivity contribution in [3.8, 4) is 10.6 Å². The van der Waals surface area contributed by atoms with Crippen LogP contribution in [0.2, 0.25) is 0 Å². The summed E-state index contributed by atoms with van der Waals surface area (Å²) >= 11 is 5.14. The quantitative estimate of drug-likeness (QED) is 0.908. The number of nitrogens with two attached hydrogens (primary N) is 1. The topological polar surface area (TPSA) is 43.8 Å². The molecule has 0 bridgehead atoms. The molecule has 17 heavy (non-hydrogen) atoms. The van der Waals surface area contributed by atoms with E-state index in [9.17, 15) is 0 Å². The van der Waals surface area contributed by atoms with Gasteiger partial charge in [-0.3, -0.25) is 4.68 Å². The molecule has 3 nitrogen and oxygen atoms in total. The van der Waals surface area contributed by atoms with Gasteiger partial charge in [0, 0.05) is 6.20 Å². The highest BCUT2D eigenvalue weighted by atomic mass is 79.9. The summed E-state index contributed by atoms with van der Waals surface area (Å²) in [5.74, 6) is 0. The second-order valence-corrected chi connectivity index (χ2v) is 6.92. The van der Waals surface area contributed by atoms with E-state index in [-0.39, 0.29) is 0 Å². The molecular formula is C12H14BrN3S. The van der Waals surface area contributed by atoms with Gasteiger partial charge in [-0.05, 0) is 40.9 Å². The molecule has 2 aromatic heterocycles. The lowest BCUT2D eigenvalue weighted by Crippen LogP contribution is -2.04. The Balaban J connectivity index is 1.95. The third kappa shape index (κ3) is 2.13. The molecule has 1 aliphatic carbocycles. The lowest BCUT2D eigenvalue weighted by molar-refractivity contribution is 0.468. The van der Waals surface area contributed by atoms with Crippen LogP contribution in [0.15, 0.2) is 22.1 Å². The lowest BCUT2D eigenvalue weighted by atomic mass is 10.3. The van der Waals surface area contributed by atoms with Crippen molar-refractivity contribution in [3.63, 3.8) is 0 Å². The van der Waals surface area contributed by atoms with Crippen molar-refractivity contribution in [1.82, 2.24) is 9.78 Å². The molecule has 90 valence electrons. The zero-order chi connectivity index (χ0) is 11.8. The fourth-order valence-corrected chi connectivity index (χ4v) is 3.79. The Labute approximate surface area is 113 Å². The van der Waals surface area contributed by atoms with Crippen molar-refractivity contribution >= 4 is 33.0 Å². The predicted molar refractivity (Wildman–Crippen MR) is 75.2 cm³/mol. The van der Waals surface area contributed by atoms with E-state index in [1.807, 2.05) is 12.3 Å². The van der Waals surface area contributed by atoms with Crippen LogP contribution >= 0.6 is 27.3 Å². The van der Waals surface area contributed by atoms with E-state index in [0.717, 1.165) is 20.0 Å². The van der Waals surface area contributed by atoms with Crippen LogP contribution < -0.4 is 5.73 Å². The maximum absolute atomic E-state index is 6.06. The molecule has 0 saturated heterocycles. The highest BCUT2D eigenvalue weighted by Crippen LogP contribution is 2.36. The van der Waals surface area contributed by atoms with E-state index in [2.05, 4.69) is 31.8 Å². The first-order valence-electron chi connectivity index (χ1n) is 5.84. The van der Waals surface area contributed by atoms with Crippen LogP contribution in [0.5, 0.6) is 0 Å². The molecule has 3 rings (SSSR count). The first kappa shape index (κ1) is 11.3. The number of thiophene rings is 1. The number of anilines is 1. The van der Waals surface area contributed by atoms with Gasteiger partial charge in [-0.15, -0.1) is 11.3 Å². The number of nitrogen functional groups attached to an aromatic ring is 1. The van der Waals surface area contributed by atoms with Gasteiger partial charge in [-0.25, -0.2) is 0 Å². The minimum Gasteiger partial charge on any atom is -0.396 e.